The van der Waals surface area contributed by atoms with Crippen molar-refractivity contribution in [1.29, 1.82) is 0 Å². The number of thioether (sulfide) groups is 1. The molecular formula is C20H17Br2N3O2S. The second kappa shape index (κ2) is 9.54. The highest BCUT2D eigenvalue weighted by Crippen LogP contribution is 2.27. The van der Waals surface area contributed by atoms with E-state index in [0.29, 0.717) is 10.8 Å². The van der Waals surface area contributed by atoms with Crippen LogP contribution in [0.4, 0.5) is 5.69 Å². The average Bonchev–Trinajstić information content (AvgIpc) is 2.69. The van der Waals surface area contributed by atoms with E-state index in [1.165, 1.54) is 11.8 Å². The fourth-order valence-corrected chi connectivity index (χ4v) is 3.84. The summed E-state index contributed by atoms with van der Waals surface area (Å²) in [6, 6.07) is 15.2. The monoisotopic (exact) mass is 521 g/mol. The Bertz CT molecular complexity index is 997. The van der Waals surface area contributed by atoms with Gasteiger partial charge in [0.1, 0.15) is 5.75 Å². The van der Waals surface area contributed by atoms with E-state index < -0.39 is 0 Å². The van der Waals surface area contributed by atoms with Gasteiger partial charge in [0.25, 0.3) is 0 Å². The fourth-order valence-electron chi connectivity index (χ4n) is 2.43. The maximum Gasteiger partial charge on any atom is 0.234 e. The van der Waals surface area contributed by atoms with Crippen molar-refractivity contribution >= 4 is 55.2 Å². The molecule has 2 aromatic carbocycles. The molecular weight excluding hydrogens is 506 g/mol. The zero-order valence-electron chi connectivity index (χ0n) is 15.2. The van der Waals surface area contributed by atoms with Crippen LogP contribution in [0.2, 0.25) is 0 Å². The van der Waals surface area contributed by atoms with Crippen molar-refractivity contribution in [2.24, 2.45) is 0 Å². The molecule has 28 heavy (non-hydrogen) atoms. The van der Waals surface area contributed by atoms with E-state index in [9.17, 15) is 4.79 Å². The third-order valence-corrected chi connectivity index (χ3v) is 5.79. The molecule has 0 atom stereocenters. The lowest BCUT2D eigenvalue weighted by molar-refractivity contribution is -0.113. The molecule has 0 aliphatic carbocycles. The van der Waals surface area contributed by atoms with Crippen molar-refractivity contribution in [3.63, 3.8) is 0 Å². The van der Waals surface area contributed by atoms with Crippen LogP contribution in [-0.4, -0.2) is 28.7 Å². The summed E-state index contributed by atoms with van der Waals surface area (Å²) in [6.45, 7) is 1.91. The molecule has 0 saturated carbocycles. The number of halogens is 2. The smallest absolute Gasteiger partial charge is 0.234 e. The molecule has 1 amide bonds. The second-order valence-electron chi connectivity index (χ2n) is 5.87. The summed E-state index contributed by atoms with van der Waals surface area (Å²) in [4.78, 5) is 21.3. The normalized spacial score (nSPS) is 10.6. The number of hydrogen-bond donors (Lipinski definition) is 1. The number of aromatic nitrogens is 2. The van der Waals surface area contributed by atoms with E-state index in [1.807, 2.05) is 55.5 Å². The van der Waals surface area contributed by atoms with Crippen LogP contribution in [0, 0.1) is 6.92 Å². The molecule has 1 N–H and O–H groups in total. The molecule has 1 aromatic heterocycles. The van der Waals surface area contributed by atoms with E-state index in [0.717, 1.165) is 31.6 Å². The molecule has 0 bridgehead atoms. The van der Waals surface area contributed by atoms with Crippen LogP contribution in [0.5, 0.6) is 5.75 Å². The molecule has 144 valence electrons. The molecule has 0 saturated heterocycles. The Morgan fingerprint density at radius 1 is 1.11 bits per heavy atom. The van der Waals surface area contributed by atoms with Gasteiger partial charge in [0.2, 0.25) is 5.91 Å². The summed E-state index contributed by atoms with van der Waals surface area (Å²) in [5, 5.41) is 3.45. The number of carbonyl (C=O) groups is 1. The first kappa shape index (κ1) is 20.8. The zero-order chi connectivity index (χ0) is 20.1. The van der Waals surface area contributed by atoms with Crippen molar-refractivity contribution in [3.8, 4) is 17.0 Å². The first-order valence-electron chi connectivity index (χ1n) is 8.32. The van der Waals surface area contributed by atoms with Gasteiger partial charge in [-0.1, -0.05) is 27.7 Å². The zero-order valence-corrected chi connectivity index (χ0v) is 19.2. The third-order valence-electron chi connectivity index (χ3n) is 3.75. The largest absolute Gasteiger partial charge is 0.497 e. The lowest BCUT2D eigenvalue weighted by Gasteiger charge is -2.09. The molecule has 0 aliphatic heterocycles. The number of nitrogens with zero attached hydrogens (tertiary/aromatic N) is 2. The lowest BCUT2D eigenvalue weighted by atomic mass is 10.1. The summed E-state index contributed by atoms with van der Waals surface area (Å²) < 4.78 is 6.91. The number of carbonyl (C=O) groups excluding carboxylic acids is 1. The fraction of sp³-hybridized carbons (Fsp3) is 0.150. The van der Waals surface area contributed by atoms with Gasteiger partial charge in [0.05, 0.1) is 24.2 Å². The minimum Gasteiger partial charge on any atom is -0.497 e. The van der Waals surface area contributed by atoms with Crippen molar-refractivity contribution in [3.05, 3.63) is 63.2 Å². The van der Waals surface area contributed by atoms with Gasteiger partial charge in [-0.3, -0.25) is 4.79 Å². The Labute approximate surface area is 184 Å². The SMILES string of the molecule is COc1ccc(-c2cc(C)nc(SCC(=O)Nc3cc(Br)ccc3Br)n2)cc1. The predicted molar refractivity (Wildman–Crippen MR) is 120 cm³/mol. The third kappa shape index (κ3) is 5.56. The summed E-state index contributed by atoms with van der Waals surface area (Å²) in [5.74, 6) is 0.879. The predicted octanol–water partition coefficient (Wildman–Crippen LogP) is 5.72. The number of methoxy groups -OCH3 is 1. The number of ether oxygens (including phenoxy) is 1. The minimum absolute atomic E-state index is 0.125. The van der Waals surface area contributed by atoms with E-state index in [4.69, 9.17) is 4.74 Å². The standard InChI is InChI=1S/C20H17Br2N3O2S/c1-12-9-17(13-3-6-15(27-2)7-4-13)25-20(23-12)28-11-19(26)24-18-10-14(21)5-8-16(18)22/h3-10H,11H2,1-2H3,(H,24,26). The van der Waals surface area contributed by atoms with Crippen molar-refractivity contribution in [2.75, 3.05) is 18.2 Å². The van der Waals surface area contributed by atoms with E-state index in [2.05, 4.69) is 47.1 Å². The Morgan fingerprint density at radius 2 is 1.86 bits per heavy atom. The number of amides is 1. The van der Waals surface area contributed by atoms with Gasteiger partial charge < -0.3 is 10.1 Å². The summed E-state index contributed by atoms with van der Waals surface area (Å²) in [7, 11) is 1.64. The number of hydrogen-bond acceptors (Lipinski definition) is 5. The highest BCUT2D eigenvalue weighted by molar-refractivity contribution is 9.11. The quantitative estimate of drug-likeness (QED) is 0.331. The Kier molecular flexibility index (Phi) is 7.09. The maximum atomic E-state index is 12.3. The lowest BCUT2D eigenvalue weighted by Crippen LogP contribution is -2.14. The van der Waals surface area contributed by atoms with Gasteiger partial charge in [-0.15, -0.1) is 0 Å². The molecule has 1 heterocycles. The molecule has 0 spiro atoms. The second-order valence-corrected chi connectivity index (χ2v) is 8.58. The van der Waals surface area contributed by atoms with Crippen LogP contribution in [0.25, 0.3) is 11.3 Å². The van der Waals surface area contributed by atoms with E-state index in [-0.39, 0.29) is 11.7 Å². The van der Waals surface area contributed by atoms with Crippen LogP contribution < -0.4 is 10.1 Å². The first-order valence-corrected chi connectivity index (χ1v) is 10.9. The number of benzene rings is 2. The highest BCUT2D eigenvalue weighted by Gasteiger charge is 2.10. The van der Waals surface area contributed by atoms with Crippen LogP contribution in [0.3, 0.4) is 0 Å². The minimum atomic E-state index is -0.125. The molecule has 0 fully saturated rings. The Morgan fingerprint density at radius 3 is 2.57 bits per heavy atom. The van der Waals surface area contributed by atoms with Crippen molar-refractivity contribution in [1.82, 2.24) is 9.97 Å². The van der Waals surface area contributed by atoms with Crippen LogP contribution >= 0.6 is 43.6 Å². The Balaban J connectivity index is 1.69. The van der Waals surface area contributed by atoms with E-state index in [1.54, 1.807) is 7.11 Å². The molecule has 3 rings (SSSR count). The van der Waals surface area contributed by atoms with Crippen LogP contribution in [-0.2, 0) is 4.79 Å². The van der Waals surface area contributed by atoms with Crippen LogP contribution in [0.15, 0.2) is 62.6 Å². The number of nitrogens with one attached hydrogen (secondary N) is 1. The first-order chi connectivity index (χ1) is 13.4. The van der Waals surface area contributed by atoms with Crippen molar-refractivity contribution < 1.29 is 9.53 Å². The van der Waals surface area contributed by atoms with Gasteiger partial charge in [-0.25, -0.2) is 9.97 Å². The van der Waals surface area contributed by atoms with Gasteiger partial charge in [-0.05, 0) is 71.4 Å². The average molecular weight is 523 g/mol. The summed E-state index contributed by atoms with van der Waals surface area (Å²) in [5.41, 5.74) is 3.34. The van der Waals surface area contributed by atoms with E-state index >= 15 is 0 Å². The van der Waals surface area contributed by atoms with Crippen molar-refractivity contribution in [2.45, 2.75) is 12.1 Å². The molecule has 0 unspecified atom stereocenters. The highest BCUT2D eigenvalue weighted by atomic mass is 79.9. The maximum absolute atomic E-state index is 12.3. The topological polar surface area (TPSA) is 64.1 Å². The van der Waals surface area contributed by atoms with Gasteiger partial charge in [0.15, 0.2) is 5.16 Å². The molecule has 0 aliphatic rings. The number of rotatable bonds is 6. The molecule has 3 aromatic rings. The molecule has 0 radical (unpaired) electrons. The summed E-state index contributed by atoms with van der Waals surface area (Å²) >= 11 is 8.14. The van der Waals surface area contributed by atoms with Gasteiger partial charge >= 0.3 is 0 Å². The van der Waals surface area contributed by atoms with Crippen LogP contribution in [0.1, 0.15) is 5.69 Å². The number of anilines is 1. The van der Waals surface area contributed by atoms with Gasteiger partial charge in [0, 0.05) is 20.2 Å². The Hall–Kier alpha value is -1.90. The number of aryl methyl sites for hydroxylation is 1. The van der Waals surface area contributed by atoms with Gasteiger partial charge in [-0.2, -0.15) is 0 Å². The molecule has 5 nitrogen and oxygen atoms in total. The summed E-state index contributed by atoms with van der Waals surface area (Å²) in [6.07, 6.45) is 0. The molecule has 8 heteroatoms.